The maximum absolute atomic E-state index is 12.2. The van der Waals surface area contributed by atoms with Crippen molar-refractivity contribution in [1.82, 2.24) is 0 Å². The zero-order valence-electron chi connectivity index (χ0n) is 14.4. The van der Waals surface area contributed by atoms with Gasteiger partial charge in [-0.05, 0) is 20.8 Å². The zero-order valence-corrected chi connectivity index (χ0v) is 15.2. The maximum atomic E-state index is 12.2. The second-order valence-electron chi connectivity index (χ2n) is 5.70. The SMILES string of the molecule is C=C(C)C(=O)OCC(C)(COC(=O)C(=C)C)C(=O)OCCS(=O)(=O)O.[KH]. The molecule has 11 heteroatoms. The van der Waals surface area contributed by atoms with Gasteiger partial charge in [0.1, 0.15) is 31.0 Å². The molecule has 0 aromatic heterocycles. The molecule has 0 aromatic rings. The molecule has 144 valence electrons. The van der Waals surface area contributed by atoms with Crippen LogP contribution >= 0.6 is 0 Å². The Bertz CT molecular complexity index is 637. The summed E-state index contributed by atoms with van der Waals surface area (Å²) in [6.07, 6.45) is 0. The zero-order chi connectivity index (χ0) is 19.8. The minimum absolute atomic E-state index is 0. The van der Waals surface area contributed by atoms with Gasteiger partial charge in [-0.15, -0.1) is 0 Å². The van der Waals surface area contributed by atoms with Gasteiger partial charge < -0.3 is 14.2 Å². The summed E-state index contributed by atoms with van der Waals surface area (Å²) in [5, 5.41) is 0. The number of esters is 3. The van der Waals surface area contributed by atoms with Crippen LogP contribution in [-0.2, 0) is 38.7 Å². The monoisotopic (exact) mass is 418 g/mol. The summed E-state index contributed by atoms with van der Waals surface area (Å²) in [6, 6.07) is 0. The van der Waals surface area contributed by atoms with Crippen LogP contribution in [0.5, 0.6) is 0 Å². The number of rotatable bonds is 10. The molecule has 26 heavy (non-hydrogen) atoms. The van der Waals surface area contributed by atoms with Crippen molar-refractivity contribution >= 4 is 79.4 Å². The predicted octanol–water partition coefficient (Wildman–Crippen LogP) is 0.0138. The Labute approximate surface area is 195 Å². The van der Waals surface area contributed by atoms with Crippen LogP contribution in [0.25, 0.3) is 0 Å². The molecule has 0 aliphatic rings. The van der Waals surface area contributed by atoms with Crippen molar-refractivity contribution in [3.05, 3.63) is 24.3 Å². The Morgan fingerprint density at radius 2 is 1.35 bits per heavy atom. The molecule has 0 radical (unpaired) electrons. The quantitative estimate of drug-likeness (QED) is 0.171. The van der Waals surface area contributed by atoms with E-state index >= 15 is 0 Å². The van der Waals surface area contributed by atoms with Crippen molar-refractivity contribution in [2.75, 3.05) is 25.6 Å². The molecule has 0 amide bonds. The molecule has 9 nitrogen and oxygen atoms in total. The van der Waals surface area contributed by atoms with Crippen molar-refractivity contribution in [3.8, 4) is 0 Å². The molecule has 0 spiro atoms. The van der Waals surface area contributed by atoms with E-state index in [2.05, 4.69) is 13.2 Å². The van der Waals surface area contributed by atoms with E-state index in [0.29, 0.717) is 0 Å². The summed E-state index contributed by atoms with van der Waals surface area (Å²) in [4.78, 5) is 35.2. The van der Waals surface area contributed by atoms with Gasteiger partial charge in [0.25, 0.3) is 10.1 Å². The molecular weight excluding hydrogens is 395 g/mol. The molecule has 0 saturated heterocycles. The molecule has 0 rings (SSSR count). The minimum atomic E-state index is -4.31. The fraction of sp³-hybridized carbons (Fsp3) is 0.533. The third-order valence-electron chi connectivity index (χ3n) is 2.81. The average Bonchev–Trinajstić information content (AvgIpc) is 2.48. The Kier molecular flexibility index (Phi) is 12.8. The Morgan fingerprint density at radius 3 is 1.65 bits per heavy atom. The van der Waals surface area contributed by atoms with Crippen molar-refractivity contribution < 1.29 is 41.6 Å². The van der Waals surface area contributed by atoms with Crippen molar-refractivity contribution in [2.24, 2.45) is 5.41 Å². The van der Waals surface area contributed by atoms with E-state index < -0.39 is 59.0 Å². The van der Waals surface area contributed by atoms with Gasteiger partial charge in [0.2, 0.25) is 0 Å². The number of hydrogen-bond donors (Lipinski definition) is 1. The molecule has 1 N–H and O–H groups in total. The van der Waals surface area contributed by atoms with Gasteiger partial charge in [-0.3, -0.25) is 9.35 Å². The van der Waals surface area contributed by atoms with Gasteiger partial charge in [0.05, 0.1) is 0 Å². The van der Waals surface area contributed by atoms with E-state index in [1.165, 1.54) is 20.8 Å². The van der Waals surface area contributed by atoms with Gasteiger partial charge >= 0.3 is 69.3 Å². The number of carbonyl (C=O) groups is 3. The Morgan fingerprint density at radius 1 is 0.962 bits per heavy atom. The topological polar surface area (TPSA) is 133 Å². The second kappa shape index (κ2) is 12.0. The fourth-order valence-electron chi connectivity index (χ4n) is 1.27. The van der Waals surface area contributed by atoms with E-state index in [4.69, 9.17) is 18.8 Å². The van der Waals surface area contributed by atoms with Crippen LogP contribution in [-0.4, -0.2) is 108 Å². The molecule has 0 bridgehead atoms. The van der Waals surface area contributed by atoms with Gasteiger partial charge in [0, 0.05) is 11.1 Å². The van der Waals surface area contributed by atoms with Gasteiger partial charge in [-0.1, -0.05) is 13.2 Å². The average molecular weight is 419 g/mol. The summed E-state index contributed by atoms with van der Waals surface area (Å²) < 4.78 is 44.5. The van der Waals surface area contributed by atoms with Gasteiger partial charge in [-0.25, -0.2) is 9.59 Å². The first-order chi connectivity index (χ1) is 11.3. The normalized spacial score (nSPS) is 10.9. The molecule has 0 saturated carbocycles. The van der Waals surface area contributed by atoms with E-state index in [1.54, 1.807) is 0 Å². The molecular formula is C15H23KO9S. The summed E-state index contributed by atoms with van der Waals surface area (Å²) in [5.41, 5.74) is -1.39. The van der Waals surface area contributed by atoms with Crippen LogP contribution in [0.1, 0.15) is 20.8 Å². The summed E-state index contributed by atoms with van der Waals surface area (Å²) >= 11 is 0. The molecule has 0 aliphatic heterocycles. The van der Waals surface area contributed by atoms with Gasteiger partial charge in [-0.2, -0.15) is 8.42 Å². The fourth-order valence-corrected chi connectivity index (χ4v) is 1.56. The molecule has 0 unspecified atom stereocenters. The van der Waals surface area contributed by atoms with E-state index in [-0.39, 0.29) is 62.5 Å². The van der Waals surface area contributed by atoms with Crippen LogP contribution in [0.3, 0.4) is 0 Å². The standard InChI is InChI=1S/C15H22O9S.K.H/c1-10(2)12(16)23-8-15(5,9-24-13(17)11(3)4)14(18)22-6-7-25(19,20)21;;/h1,3,6-9H2,2,4-5H3,(H,19,20,21);;. The molecule has 0 heterocycles. The molecule has 0 fully saturated rings. The van der Waals surface area contributed by atoms with Crippen molar-refractivity contribution in [1.29, 1.82) is 0 Å². The van der Waals surface area contributed by atoms with E-state index in [9.17, 15) is 22.8 Å². The summed E-state index contributed by atoms with van der Waals surface area (Å²) in [7, 11) is -4.31. The molecule has 0 aliphatic carbocycles. The predicted molar refractivity (Wildman–Crippen MR) is 94.2 cm³/mol. The summed E-state index contributed by atoms with van der Waals surface area (Å²) in [5.74, 6) is -3.29. The van der Waals surface area contributed by atoms with Crippen LogP contribution in [0.15, 0.2) is 24.3 Å². The Hall–Kier alpha value is -0.564. The number of ether oxygens (including phenoxy) is 3. The first-order valence-corrected chi connectivity index (χ1v) is 8.67. The van der Waals surface area contributed by atoms with Crippen LogP contribution < -0.4 is 0 Å². The van der Waals surface area contributed by atoms with Crippen LogP contribution in [0, 0.1) is 5.41 Å². The van der Waals surface area contributed by atoms with Crippen LogP contribution in [0.2, 0.25) is 0 Å². The van der Waals surface area contributed by atoms with E-state index in [1.807, 2.05) is 0 Å². The number of hydrogen-bond acceptors (Lipinski definition) is 8. The summed E-state index contributed by atoms with van der Waals surface area (Å²) in [6.45, 7) is 9.31. The first kappa shape index (κ1) is 27.7. The van der Waals surface area contributed by atoms with Gasteiger partial charge in [0.15, 0.2) is 0 Å². The third kappa shape index (κ3) is 11.2. The van der Waals surface area contributed by atoms with Crippen molar-refractivity contribution in [2.45, 2.75) is 20.8 Å². The second-order valence-corrected chi connectivity index (χ2v) is 7.27. The van der Waals surface area contributed by atoms with E-state index in [0.717, 1.165) is 0 Å². The number of carbonyl (C=O) groups excluding carboxylic acids is 3. The van der Waals surface area contributed by atoms with Crippen molar-refractivity contribution in [3.63, 3.8) is 0 Å². The first-order valence-electron chi connectivity index (χ1n) is 7.06. The van der Waals surface area contributed by atoms with Crippen LogP contribution in [0.4, 0.5) is 0 Å². The molecule has 0 aromatic carbocycles. The third-order valence-corrected chi connectivity index (χ3v) is 3.49. The Balaban J connectivity index is 0. The molecule has 0 atom stereocenters.